The van der Waals surface area contributed by atoms with Gasteiger partial charge in [0.25, 0.3) is 5.91 Å². The molecule has 15 nitrogen and oxygen atoms in total. The number of rotatable bonds is 18. The number of ether oxygens (including phenoxy) is 2. The number of hydrogen-bond acceptors (Lipinski definition) is 12. The predicted octanol–water partition coefficient (Wildman–Crippen LogP) is 5.88. The Hall–Kier alpha value is -6.49. The molecule has 0 aliphatic heterocycles. The molecule has 0 unspecified atom stereocenters. The molecule has 0 spiro atoms. The number of nitrogens with two attached hydrogens (primary N) is 1. The maximum atomic E-state index is 14.0. The second-order valence-corrected chi connectivity index (χ2v) is 15.9. The number of fused-ring (bicyclic) bond motifs is 2. The van der Waals surface area contributed by atoms with Crippen LogP contribution in [0.5, 0.6) is 11.5 Å². The Bertz CT molecular complexity index is 2670. The van der Waals surface area contributed by atoms with Crippen LogP contribution in [0.4, 0.5) is 16.2 Å². The van der Waals surface area contributed by atoms with E-state index in [1.54, 1.807) is 55.5 Å². The lowest BCUT2D eigenvalue weighted by molar-refractivity contribution is 0.100. The van der Waals surface area contributed by atoms with Crippen molar-refractivity contribution < 1.29 is 37.7 Å². The molecule has 0 radical (unpaired) electrons. The number of alkyl carbamates (subject to hydrolysis) is 1. The fraction of sp³-hybridized carbons (Fsp3) is 0.256. The van der Waals surface area contributed by atoms with E-state index in [1.165, 1.54) is 49.7 Å². The van der Waals surface area contributed by atoms with Gasteiger partial charge in [-0.05, 0) is 91.5 Å². The summed E-state index contributed by atoms with van der Waals surface area (Å²) in [4.78, 5) is 43.6. The highest BCUT2D eigenvalue weighted by Crippen LogP contribution is 2.35. The summed E-state index contributed by atoms with van der Waals surface area (Å²) in [5, 5.41) is 30.8. The third-order valence-electron chi connectivity index (χ3n) is 9.78. The number of aromatic nitrogens is 2. The summed E-state index contributed by atoms with van der Waals surface area (Å²) in [5.41, 5.74) is 8.84. The maximum absolute atomic E-state index is 14.0. The van der Waals surface area contributed by atoms with E-state index < -0.39 is 27.9 Å². The van der Waals surface area contributed by atoms with Crippen molar-refractivity contribution in [2.24, 2.45) is 5.73 Å². The zero-order valence-electron chi connectivity index (χ0n) is 32.6. The van der Waals surface area contributed by atoms with Gasteiger partial charge in [-0.15, -0.1) is 0 Å². The second kappa shape index (κ2) is 18.8. The number of methoxy groups -OCH3 is 1. The van der Waals surface area contributed by atoms with Crippen LogP contribution in [0.3, 0.4) is 0 Å². The molecule has 6 aromatic rings. The number of primary amides is 1. The van der Waals surface area contributed by atoms with Gasteiger partial charge in [-0.2, -0.15) is 0 Å². The van der Waals surface area contributed by atoms with Crippen molar-refractivity contribution in [2.75, 3.05) is 32.1 Å². The number of carbonyl (C=O) groups is 2. The van der Waals surface area contributed by atoms with Crippen molar-refractivity contribution in [3.63, 3.8) is 0 Å². The van der Waals surface area contributed by atoms with Crippen molar-refractivity contribution in [3.8, 4) is 11.5 Å². The Balaban J connectivity index is 0.984. The fourth-order valence-corrected chi connectivity index (χ4v) is 8.16. The Morgan fingerprint density at radius 2 is 1.73 bits per heavy atom. The van der Waals surface area contributed by atoms with E-state index in [0.29, 0.717) is 69.6 Å². The van der Waals surface area contributed by atoms with Gasteiger partial charge in [0.15, 0.2) is 0 Å². The molecule has 0 aliphatic rings. The molecule has 8 N–H and O–H groups in total. The summed E-state index contributed by atoms with van der Waals surface area (Å²) in [6, 6.07) is 22.3. The minimum absolute atomic E-state index is 0.0140. The normalized spacial score (nSPS) is 12.0. The first-order valence-electron chi connectivity index (χ1n) is 19.0. The van der Waals surface area contributed by atoms with Crippen LogP contribution >= 0.6 is 0 Å². The lowest BCUT2D eigenvalue weighted by Gasteiger charge is -2.16. The molecule has 1 atom stereocenters. The van der Waals surface area contributed by atoms with Gasteiger partial charge in [-0.3, -0.25) is 14.6 Å². The van der Waals surface area contributed by atoms with E-state index in [1.807, 2.05) is 0 Å². The zero-order valence-corrected chi connectivity index (χ0v) is 33.4. The predicted molar refractivity (Wildman–Crippen MR) is 224 cm³/mol. The summed E-state index contributed by atoms with van der Waals surface area (Å²) < 4.78 is 38.7. The number of aliphatic hydroxyl groups excluding tert-OH is 1. The largest absolute Gasteiger partial charge is 0.506 e. The van der Waals surface area contributed by atoms with Gasteiger partial charge in [-0.25, -0.2) is 13.2 Å². The molecule has 4 aromatic carbocycles. The van der Waals surface area contributed by atoms with Crippen LogP contribution in [0.25, 0.3) is 21.8 Å². The summed E-state index contributed by atoms with van der Waals surface area (Å²) in [5.74, 6) is -0.226. The van der Waals surface area contributed by atoms with Gasteiger partial charge in [0, 0.05) is 47.9 Å². The number of unbranched alkanes of at least 4 members (excludes halogenated alkanes) is 3. The standard InChI is InChI=1S/C43H46N6O9S/c1-26-19-31(22-34-39(26)46-24-35(42(44)53)40(34)48-28-10-8-11-29(21-28)57-2)59(55,56)30-12-7-9-27(20-30)23-47-43(54)58-18-6-4-3-5-17-45-25-37(51)32-13-15-36(50)41-33(32)14-16-38(52)49-41/h7-16,19-22,24,37,45,50-51H,3-6,17-18,23,25H2,1-2H3,(H2,44,53)(H,46,48)(H,47,54)(H,49,52)/t37-/m0/s1. The average Bonchev–Trinajstić information content (AvgIpc) is 3.22. The quantitative estimate of drug-likeness (QED) is 0.0504. The number of aromatic hydroxyl groups is 1. The molecule has 0 bridgehead atoms. The molecule has 0 aliphatic carbocycles. The third kappa shape index (κ3) is 10.2. The molecule has 0 fully saturated rings. The number of nitrogens with one attached hydrogen (secondary N) is 4. The Labute approximate surface area is 340 Å². The monoisotopic (exact) mass is 822 g/mol. The van der Waals surface area contributed by atoms with Crippen molar-refractivity contribution >= 4 is 55.0 Å². The number of pyridine rings is 2. The number of carbonyl (C=O) groups excluding carboxylic acids is 2. The summed E-state index contributed by atoms with van der Waals surface area (Å²) in [7, 11) is -2.54. The maximum Gasteiger partial charge on any atom is 0.407 e. The van der Waals surface area contributed by atoms with Crippen LogP contribution in [-0.2, 0) is 21.1 Å². The van der Waals surface area contributed by atoms with Crippen molar-refractivity contribution in [1.82, 2.24) is 20.6 Å². The molecule has 308 valence electrons. The molecule has 0 saturated heterocycles. The van der Waals surface area contributed by atoms with Crippen LogP contribution in [0, 0.1) is 6.92 Å². The highest BCUT2D eigenvalue weighted by Gasteiger charge is 2.23. The first-order valence-corrected chi connectivity index (χ1v) is 20.5. The summed E-state index contributed by atoms with van der Waals surface area (Å²) >= 11 is 0. The van der Waals surface area contributed by atoms with Gasteiger partial charge < -0.3 is 46.4 Å². The van der Waals surface area contributed by atoms with E-state index >= 15 is 0 Å². The molecule has 59 heavy (non-hydrogen) atoms. The third-order valence-corrected chi connectivity index (χ3v) is 11.5. The van der Waals surface area contributed by atoms with E-state index in [4.69, 9.17) is 15.2 Å². The highest BCUT2D eigenvalue weighted by molar-refractivity contribution is 7.91. The van der Waals surface area contributed by atoms with Crippen LogP contribution in [0.1, 0.15) is 58.8 Å². The molecular weight excluding hydrogens is 777 g/mol. The minimum Gasteiger partial charge on any atom is -0.506 e. The second-order valence-electron chi connectivity index (χ2n) is 14.0. The van der Waals surface area contributed by atoms with Crippen LogP contribution in [0.15, 0.2) is 106 Å². The van der Waals surface area contributed by atoms with Crippen molar-refractivity contribution in [2.45, 2.75) is 55.0 Å². The van der Waals surface area contributed by atoms with Gasteiger partial charge in [0.1, 0.15) is 11.5 Å². The number of phenolic OH excluding ortho intramolecular Hbond substituents is 1. The SMILES string of the molecule is COc1cccc(Nc2c(C(N)=O)cnc3c(C)cc(S(=O)(=O)c4cccc(CNC(=O)OCCCCCCNC[C@H](O)c5ccc(O)c6[nH]c(=O)ccc56)c4)cc23)c1. The number of benzene rings is 4. The van der Waals surface area contributed by atoms with Crippen molar-refractivity contribution in [1.29, 1.82) is 0 Å². The Kier molecular flexibility index (Phi) is 13.5. The van der Waals surface area contributed by atoms with E-state index in [9.17, 15) is 33.0 Å². The number of aryl methyl sites for hydroxylation is 1. The number of phenols is 1. The smallest absolute Gasteiger partial charge is 0.407 e. The van der Waals surface area contributed by atoms with Gasteiger partial charge in [0.05, 0.1) is 51.9 Å². The molecule has 6 rings (SSSR count). The number of sulfone groups is 1. The Morgan fingerprint density at radius 1 is 0.932 bits per heavy atom. The van der Waals surface area contributed by atoms with Gasteiger partial charge in [0.2, 0.25) is 15.4 Å². The minimum atomic E-state index is -4.08. The lowest BCUT2D eigenvalue weighted by atomic mass is 10.0. The topological polar surface area (TPSA) is 235 Å². The first kappa shape index (κ1) is 42.1. The van der Waals surface area contributed by atoms with E-state index in [0.717, 1.165) is 19.3 Å². The Morgan fingerprint density at radius 3 is 2.53 bits per heavy atom. The molecule has 2 heterocycles. The first-order chi connectivity index (χ1) is 28.3. The number of anilines is 2. The van der Waals surface area contributed by atoms with E-state index in [-0.39, 0.29) is 45.3 Å². The molecule has 2 amide bonds. The number of aliphatic hydroxyl groups is 1. The zero-order chi connectivity index (χ0) is 42.1. The van der Waals surface area contributed by atoms with Crippen LogP contribution in [-0.4, -0.2) is 67.4 Å². The van der Waals surface area contributed by atoms with Gasteiger partial charge in [-0.1, -0.05) is 37.1 Å². The van der Waals surface area contributed by atoms with E-state index in [2.05, 4.69) is 25.9 Å². The summed E-state index contributed by atoms with van der Waals surface area (Å²) in [6.07, 6.45) is 3.09. The van der Waals surface area contributed by atoms with Crippen LogP contribution in [0.2, 0.25) is 0 Å². The molecule has 2 aromatic heterocycles. The highest BCUT2D eigenvalue weighted by atomic mass is 32.2. The van der Waals surface area contributed by atoms with Crippen LogP contribution < -0.4 is 32.0 Å². The lowest BCUT2D eigenvalue weighted by Crippen LogP contribution is -2.24. The fourth-order valence-electron chi connectivity index (χ4n) is 6.72. The van der Waals surface area contributed by atoms with Gasteiger partial charge >= 0.3 is 6.09 Å². The number of nitrogens with zero attached hydrogens (tertiary/aromatic N) is 1. The molecule has 16 heteroatoms. The number of amides is 2. The van der Waals surface area contributed by atoms with Crippen molar-refractivity contribution in [3.05, 3.63) is 124 Å². The number of H-pyrrole nitrogens is 1. The summed E-state index contributed by atoms with van der Waals surface area (Å²) in [6.45, 7) is 2.94. The number of hydrogen-bond donors (Lipinski definition) is 7. The number of aromatic amines is 1. The molecular formula is C43H46N6O9S. The molecule has 0 saturated carbocycles. The average molecular weight is 823 g/mol.